The van der Waals surface area contributed by atoms with Gasteiger partial charge in [-0.3, -0.25) is 14.5 Å². The van der Waals surface area contributed by atoms with Crippen molar-refractivity contribution in [3.63, 3.8) is 0 Å². The van der Waals surface area contributed by atoms with E-state index in [0.29, 0.717) is 12.4 Å². The van der Waals surface area contributed by atoms with E-state index in [1.807, 2.05) is 44.3 Å². The Kier molecular flexibility index (Phi) is 4.87. The molecule has 5 nitrogen and oxygen atoms in total. The van der Waals surface area contributed by atoms with Crippen LogP contribution in [0.1, 0.15) is 32.4 Å². The normalized spacial score (nSPS) is 10.8. The van der Waals surface area contributed by atoms with Gasteiger partial charge in [0.15, 0.2) is 5.82 Å². The third-order valence-corrected chi connectivity index (χ3v) is 3.30. The predicted octanol–water partition coefficient (Wildman–Crippen LogP) is 2.70. The molecule has 0 atom stereocenters. The summed E-state index contributed by atoms with van der Waals surface area (Å²) < 4.78 is 1.77. The van der Waals surface area contributed by atoms with Gasteiger partial charge in [-0.1, -0.05) is 19.9 Å². The number of aromatic nitrogens is 3. The van der Waals surface area contributed by atoms with Crippen LogP contribution in [0, 0.1) is 5.92 Å². The third kappa shape index (κ3) is 3.66. The van der Waals surface area contributed by atoms with E-state index in [1.165, 1.54) is 0 Å². The number of carbonyl (C=O) groups is 1. The fraction of sp³-hybridized carbons (Fsp3) is 0.400. The van der Waals surface area contributed by atoms with Crippen LogP contribution in [0.25, 0.3) is 0 Å². The van der Waals surface area contributed by atoms with Gasteiger partial charge in [0.2, 0.25) is 5.91 Å². The molecule has 0 saturated carbocycles. The van der Waals surface area contributed by atoms with Crippen molar-refractivity contribution < 1.29 is 4.79 Å². The Morgan fingerprint density at radius 2 is 2.10 bits per heavy atom. The number of anilines is 1. The average molecular weight is 272 g/mol. The molecule has 0 aliphatic heterocycles. The molecular weight excluding hydrogens is 252 g/mol. The van der Waals surface area contributed by atoms with Gasteiger partial charge in [-0.15, -0.1) is 0 Å². The molecule has 0 bridgehead atoms. The molecule has 1 N–H and O–H groups in total. The smallest absolute Gasteiger partial charge is 0.228 e. The first-order valence-corrected chi connectivity index (χ1v) is 6.97. The van der Waals surface area contributed by atoms with Gasteiger partial charge >= 0.3 is 0 Å². The van der Waals surface area contributed by atoms with Crippen molar-refractivity contribution in [2.24, 2.45) is 5.92 Å². The summed E-state index contributed by atoms with van der Waals surface area (Å²) in [4.78, 5) is 16.2. The summed E-state index contributed by atoms with van der Waals surface area (Å²) in [5.74, 6) is 0.687. The summed E-state index contributed by atoms with van der Waals surface area (Å²) in [6, 6.07) is 7.59. The first kappa shape index (κ1) is 14.2. The quantitative estimate of drug-likeness (QED) is 0.879. The van der Waals surface area contributed by atoms with Gasteiger partial charge in [0.1, 0.15) is 0 Å². The van der Waals surface area contributed by atoms with E-state index < -0.39 is 0 Å². The lowest BCUT2D eigenvalue weighted by atomic mass is 10.0. The molecule has 20 heavy (non-hydrogen) atoms. The number of hydrogen-bond acceptors (Lipinski definition) is 3. The third-order valence-electron chi connectivity index (χ3n) is 3.30. The van der Waals surface area contributed by atoms with Gasteiger partial charge in [0.25, 0.3) is 0 Å². The fourth-order valence-electron chi connectivity index (χ4n) is 2.06. The topological polar surface area (TPSA) is 59.8 Å². The number of carbonyl (C=O) groups excluding carboxylic acids is 1. The summed E-state index contributed by atoms with van der Waals surface area (Å²) in [5.41, 5.74) is 0.938. The van der Waals surface area contributed by atoms with Crippen molar-refractivity contribution in [2.75, 3.05) is 5.32 Å². The van der Waals surface area contributed by atoms with Gasteiger partial charge in [0.05, 0.1) is 12.2 Å². The number of amides is 1. The molecule has 2 rings (SSSR count). The highest BCUT2D eigenvalue weighted by atomic mass is 16.1. The minimum atomic E-state index is 0.0399. The summed E-state index contributed by atoms with van der Waals surface area (Å²) in [6.07, 6.45) is 5.29. The van der Waals surface area contributed by atoms with E-state index >= 15 is 0 Å². The summed E-state index contributed by atoms with van der Waals surface area (Å²) in [5, 5.41) is 7.20. The molecule has 2 heterocycles. The Bertz CT molecular complexity index is 546. The van der Waals surface area contributed by atoms with Crippen LogP contribution >= 0.6 is 0 Å². The fourth-order valence-corrected chi connectivity index (χ4v) is 2.06. The van der Waals surface area contributed by atoms with Crippen LogP contribution in [0.2, 0.25) is 0 Å². The van der Waals surface area contributed by atoms with Gasteiger partial charge < -0.3 is 5.32 Å². The lowest BCUT2D eigenvalue weighted by Crippen LogP contribution is -2.22. The molecule has 0 fully saturated rings. The monoisotopic (exact) mass is 272 g/mol. The maximum absolute atomic E-state index is 12.0. The zero-order valence-electron chi connectivity index (χ0n) is 11.9. The summed E-state index contributed by atoms with van der Waals surface area (Å²) >= 11 is 0. The van der Waals surface area contributed by atoms with Gasteiger partial charge in [-0.05, 0) is 25.0 Å². The Morgan fingerprint density at radius 3 is 2.75 bits per heavy atom. The second kappa shape index (κ2) is 6.84. The van der Waals surface area contributed by atoms with Crippen molar-refractivity contribution in [1.29, 1.82) is 0 Å². The van der Waals surface area contributed by atoms with Crippen LogP contribution in [0.4, 0.5) is 5.82 Å². The Balaban J connectivity index is 1.97. The maximum atomic E-state index is 12.0. The molecule has 0 unspecified atom stereocenters. The predicted molar refractivity (Wildman–Crippen MR) is 78.3 cm³/mol. The highest BCUT2D eigenvalue weighted by molar-refractivity contribution is 5.91. The van der Waals surface area contributed by atoms with E-state index in [4.69, 9.17) is 0 Å². The van der Waals surface area contributed by atoms with E-state index in [1.54, 1.807) is 10.9 Å². The Labute approximate surface area is 119 Å². The second-order valence-electron chi connectivity index (χ2n) is 4.72. The number of pyridine rings is 1. The molecular formula is C15H20N4O. The van der Waals surface area contributed by atoms with E-state index in [9.17, 15) is 4.79 Å². The largest absolute Gasteiger partial charge is 0.309 e. The molecule has 5 heteroatoms. The summed E-state index contributed by atoms with van der Waals surface area (Å²) in [7, 11) is 0. The zero-order chi connectivity index (χ0) is 14.4. The number of nitrogens with one attached hydrogen (secondary N) is 1. The van der Waals surface area contributed by atoms with E-state index in [-0.39, 0.29) is 11.8 Å². The second-order valence-corrected chi connectivity index (χ2v) is 4.72. The van der Waals surface area contributed by atoms with Crippen molar-refractivity contribution in [2.45, 2.75) is 33.2 Å². The molecule has 106 valence electrons. The van der Waals surface area contributed by atoms with Crippen molar-refractivity contribution in [3.05, 3.63) is 42.4 Å². The Morgan fingerprint density at radius 1 is 1.30 bits per heavy atom. The number of nitrogens with zero attached hydrogens (tertiary/aromatic N) is 3. The minimum Gasteiger partial charge on any atom is -0.309 e. The van der Waals surface area contributed by atoms with Crippen LogP contribution in [0.3, 0.4) is 0 Å². The van der Waals surface area contributed by atoms with Crippen molar-refractivity contribution in [3.8, 4) is 0 Å². The van der Waals surface area contributed by atoms with Crippen molar-refractivity contribution in [1.82, 2.24) is 14.8 Å². The highest BCUT2D eigenvalue weighted by Crippen LogP contribution is 2.12. The Hall–Kier alpha value is -2.17. The average Bonchev–Trinajstić information content (AvgIpc) is 2.88. The van der Waals surface area contributed by atoms with Crippen LogP contribution in [0.5, 0.6) is 0 Å². The number of rotatable bonds is 6. The lowest BCUT2D eigenvalue weighted by Gasteiger charge is -2.10. The van der Waals surface area contributed by atoms with Gasteiger partial charge in [-0.25, -0.2) is 0 Å². The SMILES string of the molecule is CCC(CC)C(=O)Nc1ccn(Cc2ccccn2)n1. The van der Waals surface area contributed by atoms with Gasteiger partial charge in [-0.2, -0.15) is 5.10 Å². The molecule has 2 aromatic rings. The number of hydrogen-bond donors (Lipinski definition) is 1. The van der Waals surface area contributed by atoms with E-state index in [2.05, 4.69) is 15.4 Å². The van der Waals surface area contributed by atoms with Crippen LogP contribution in [-0.2, 0) is 11.3 Å². The van der Waals surface area contributed by atoms with Crippen LogP contribution in [0.15, 0.2) is 36.7 Å². The van der Waals surface area contributed by atoms with Crippen molar-refractivity contribution >= 4 is 11.7 Å². The minimum absolute atomic E-state index is 0.0399. The zero-order valence-corrected chi connectivity index (χ0v) is 11.9. The van der Waals surface area contributed by atoms with E-state index in [0.717, 1.165) is 18.5 Å². The molecule has 0 aliphatic carbocycles. The lowest BCUT2D eigenvalue weighted by molar-refractivity contribution is -0.120. The highest BCUT2D eigenvalue weighted by Gasteiger charge is 2.15. The molecule has 1 amide bonds. The standard InChI is InChI=1S/C15H20N4O/c1-3-12(4-2)15(20)17-14-8-10-19(18-14)11-13-7-5-6-9-16-13/h5-10,12H,3-4,11H2,1-2H3,(H,17,18,20). The first-order valence-electron chi connectivity index (χ1n) is 6.97. The van der Waals surface area contributed by atoms with Gasteiger partial charge in [0, 0.05) is 24.4 Å². The summed E-state index contributed by atoms with van der Waals surface area (Å²) in [6.45, 7) is 4.64. The molecule has 0 saturated heterocycles. The molecule has 2 aromatic heterocycles. The van der Waals surface area contributed by atoms with Crippen LogP contribution in [-0.4, -0.2) is 20.7 Å². The first-order chi connectivity index (χ1) is 9.72. The molecule has 0 aromatic carbocycles. The van der Waals surface area contributed by atoms with Crippen LogP contribution < -0.4 is 5.32 Å². The maximum Gasteiger partial charge on any atom is 0.228 e. The molecule has 0 radical (unpaired) electrons. The molecule has 0 spiro atoms. The molecule has 0 aliphatic rings.